The molecule has 0 aromatic heterocycles. The van der Waals surface area contributed by atoms with Gasteiger partial charge in [0.2, 0.25) is 5.78 Å². The number of carboxylic acids is 1. The summed E-state index contributed by atoms with van der Waals surface area (Å²) in [7, 11) is 0. The Morgan fingerprint density at radius 3 is 2.56 bits per heavy atom. The topological polar surface area (TPSA) is 76.0 Å². The van der Waals surface area contributed by atoms with Crippen LogP contribution in [0.2, 0.25) is 0 Å². The van der Waals surface area contributed by atoms with Crippen LogP contribution >= 0.6 is 0 Å². The Hall–Kier alpha value is -2.24. The van der Waals surface area contributed by atoms with Crippen LogP contribution in [0.25, 0.3) is 0 Å². The van der Waals surface area contributed by atoms with Gasteiger partial charge in [0.15, 0.2) is 11.3 Å². The highest BCUT2D eigenvalue weighted by atomic mass is 19.1. The molecule has 0 unspecified atom stereocenters. The summed E-state index contributed by atoms with van der Waals surface area (Å²) in [6.45, 7) is 3.10. The molecule has 0 saturated carbocycles. The third-order valence-corrected chi connectivity index (χ3v) is 2.60. The number of hydrogen-bond acceptors (Lipinski definition) is 4. The molecule has 1 heterocycles. The molecule has 18 heavy (non-hydrogen) atoms. The molecule has 0 aliphatic carbocycles. The van der Waals surface area contributed by atoms with Gasteiger partial charge in [-0.3, -0.25) is 4.79 Å². The van der Waals surface area contributed by atoms with Crippen LogP contribution in [-0.2, 0) is 9.63 Å². The Morgan fingerprint density at radius 2 is 2.11 bits per heavy atom. The fraction of sp³-hybridized carbons (Fsp3) is 0.250. The number of nitrogens with zero attached hydrogens (tertiary/aromatic N) is 1. The monoisotopic (exact) mass is 251 g/mol. The predicted molar refractivity (Wildman–Crippen MR) is 60.1 cm³/mol. The van der Waals surface area contributed by atoms with Crippen molar-refractivity contribution in [3.63, 3.8) is 0 Å². The van der Waals surface area contributed by atoms with Gasteiger partial charge in [-0.15, -0.1) is 0 Å². The first-order chi connectivity index (χ1) is 8.33. The van der Waals surface area contributed by atoms with Crippen molar-refractivity contribution in [1.29, 1.82) is 0 Å². The first-order valence-corrected chi connectivity index (χ1v) is 5.17. The number of carbonyl (C=O) groups excluding carboxylic acids is 1. The molecule has 94 valence electrons. The normalized spacial score (nSPS) is 17.3. The van der Waals surface area contributed by atoms with Crippen molar-refractivity contribution in [1.82, 2.24) is 0 Å². The minimum atomic E-state index is -1.37. The molecule has 0 atom stereocenters. The quantitative estimate of drug-likeness (QED) is 0.866. The van der Waals surface area contributed by atoms with Crippen LogP contribution in [0.1, 0.15) is 29.8 Å². The van der Waals surface area contributed by atoms with Crippen LogP contribution in [0.5, 0.6) is 0 Å². The number of rotatable bonds is 2. The van der Waals surface area contributed by atoms with Gasteiger partial charge in [0.1, 0.15) is 5.82 Å². The number of benzene rings is 1. The van der Waals surface area contributed by atoms with E-state index in [0.717, 1.165) is 12.1 Å². The summed E-state index contributed by atoms with van der Waals surface area (Å²) < 4.78 is 13.5. The highest BCUT2D eigenvalue weighted by molar-refractivity contribution is 6.49. The van der Waals surface area contributed by atoms with Crippen molar-refractivity contribution in [3.05, 3.63) is 35.1 Å². The fourth-order valence-corrected chi connectivity index (χ4v) is 1.55. The molecule has 0 radical (unpaired) electrons. The van der Waals surface area contributed by atoms with Gasteiger partial charge in [0.05, 0.1) is 5.56 Å². The molecular formula is C12H10FNO4. The molecule has 0 fully saturated rings. The van der Waals surface area contributed by atoms with E-state index in [4.69, 9.17) is 9.94 Å². The number of carbonyl (C=O) groups is 2. The predicted octanol–water partition coefficient (Wildman–Crippen LogP) is 1.61. The highest BCUT2D eigenvalue weighted by Gasteiger charge is 2.40. The van der Waals surface area contributed by atoms with E-state index >= 15 is 0 Å². The number of oxime groups is 1. The molecule has 0 saturated heterocycles. The van der Waals surface area contributed by atoms with Crippen molar-refractivity contribution < 1.29 is 23.9 Å². The van der Waals surface area contributed by atoms with Crippen molar-refractivity contribution in [2.24, 2.45) is 5.16 Å². The lowest BCUT2D eigenvalue weighted by atomic mass is 9.95. The van der Waals surface area contributed by atoms with E-state index < -0.39 is 23.0 Å². The lowest BCUT2D eigenvalue weighted by Gasteiger charge is -2.11. The maximum Gasteiger partial charge on any atom is 0.338 e. The average Bonchev–Trinajstić information content (AvgIpc) is 2.53. The maximum absolute atomic E-state index is 13.5. The van der Waals surface area contributed by atoms with Crippen LogP contribution in [0.3, 0.4) is 0 Å². The number of hydrogen-bond donors (Lipinski definition) is 1. The van der Waals surface area contributed by atoms with Gasteiger partial charge in [0, 0.05) is 5.56 Å². The van der Waals surface area contributed by atoms with E-state index in [2.05, 4.69) is 5.16 Å². The molecule has 0 spiro atoms. The first kappa shape index (κ1) is 12.2. The second kappa shape index (κ2) is 3.90. The van der Waals surface area contributed by atoms with E-state index in [1.165, 1.54) is 6.07 Å². The summed E-state index contributed by atoms with van der Waals surface area (Å²) in [5, 5.41) is 12.3. The number of ketones is 1. The van der Waals surface area contributed by atoms with Gasteiger partial charge in [-0.1, -0.05) is 11.2 Å². The standard InChI is InChI=1S/C12H10FNO4/c1-12(2)10(15)9(14-18-12)6-3-4-7(11(16)17)8(13)5-6/h3-5H,1-2H3,(H,16,17). The van der Waals surface area contributed by atoms with Crippen molar-refractivity contribution in [2.45, 2.75) is 19.4 Å². The first-order valence-electron chi connectivity index (χ1n) is 5.17. The third-order valence-electron chi connectivity index (χ3n) is 2.60. The van der Waals surface area contributed by atoms with Gasteiger partial charge in [-0.25, -0.2) is 9.18 Å². The molecule has 6 heteroatoms. The van der Waals surface area contributed by atoms with Crippen LogP contribution in [-0.4, -0.2) is 28.2 Å². The third kappa shape index (κ3) is 1.85. The van der Waals surface area contributed by atoms with Crippen LogP contribution < -0.4 is 0 Å². The Labute approximate surface area is 102 Å². The molecule has 1 aromatic rings. The van der Waals surface area contributed by atoms with Crippen molar-refractivity contribution in [2.75, 3.05) is 0 Å². The number of Topliss-reactive ketones (excluding diaryl/α,β-unsaturated/α-hetero) is 1. The highest BCUT2D eigenvalue weighted by Crippen LogP contribution is 2.23. The number of carboxylic acid groups (broad SMARTS) is 1. The smallest absolute Gasteiger partial charge is 0.338 e. The Kier molecular flexibility index (Phi) is 2.65. The lowest BCUT2D eigenvalue weighted by molar-refractivity contribution is -0.128. The second-order valence-corrected chi connectivity index (χ2v) is 4.37. The average molecular weight is 251 g/mol. The molecule has 1 aliphatic heterocycles. The molecule has 0 bridgehead atoms. The molecule has 1 N–H and O–H groups in total. The summed E-state index contributed by atoms with van der Waals surface area (Å²) >= 11 is 0. The van der Waals surface area contributed by atoms with Crippen LogP contribution in [0.4, 0.5) is 4.39 Å². The van der Waals surface area contributed by atoms with Crippen molar-refractivity contribution >= 4 is 17.5 Å². The molecule has 5 nitrogen and oxygen atoms in total. The molecular weight excluding hydrogens is 241 g/mol. The van der Waals surface area contributed by atoms with E-state index in [-0.39, 0.29) is 17.1 Å². The van der Waals surface area contributed by atoms with Gasteiger partial charge in [0.25, 0.3) is 0 Å². The molecule has 2 rings (SSSR count). The van der Waals surface area contributed by atoms with E-state index in [1.54, 1.807) is 13.8 Å². The summed E-state index contributed by atoms with van der Waals surface area (Å²) in [6.07, 6.45) is 0. The minimum absolute atomic E-state index is 0.00385. The zero-order chi connectivity index (χ0) is 13.5. The van der Waals surface area contributed by atoms with E-state index in [9.17, 15) is 14.0 Å². The Bertz CT molecular complexity index is 577. The lowest BCUT2D eigenvalue weighted by Crippen LogP contribution is -2.33. The van der Waals surface area contributed by atoms with Crippen LogP contribution in [0, 0.1) is 5.82 Å². The number of halogens is 1. The SMILES string of the molecule is CC1(C)ON=C(c2ccc(C(=O)O)c(F)c2)C1=O. The number of aromatic carboxylic acids is 1. The van der Waals surface area contributed by atoms with E-state index in [1.807, 2.05) is 0 Å². The Balaban J connectivity index is 2.40. The maximum atomic E-state index is 13.5. The summed E-state index contributed by atoms with van der Waals surface area (Å²) in [5.41, 5.74) is -1.33. The molecule has 0 amide bonds. The zero-order valence-electron chi connectivity index (χ0n) is 9.73. The van der Waals surface area contributed by atoms with Crippen molar-refractivity contribution in [3.8, 4) is 0 Å². The minimum Gasteiger partial charge on any atom is -0.478 e. The zero-order valence-corrected chi connectivity index (χ0v) is 9.73. The second-order valence-electron chi connectivity index (χ2n) is 4.37. The van der Waals surface area contributed by atoms with Gasteiger partial charge in [-0.05, 0) is 26.0 Å². The summed E-state index contributed by atoms with van der Waals surface area (Å²) in [5.74, 6) is -2.65. The van der Waals surface area contributed by atoms with Gasteiger partial charge < -0.3 is 9.94 Å². The van der Waals surface area contributed by atoms with E-state index in [0.29, 0.717) is 0 Å². The van der Waals surface area contributed by atoms with Crippen LogP contribution in [0.15, 0.2) is 23.4 Å². The Morgan fingerprint density at radius 1 is 1.44 bits per heavy atom. The fourth-order valence-electron chi connectivity index (χ4n) is 1.55. The summed E-state index contributed by atoms with van der Waals surface area (Å²) in [6, 6.07) is 3.38. The largest absolute Gasteiger partial charge is 0.478 e. The molecule has 1 aromatic carbocycles. The molecule has 1 aliphatic rings. The summed E-state index contributed by atoms with van der Waals surface area (Å²) in [4.78, 5) is 27.5. The van der Waals surface area contributed by atoms with Gasteiger partial charge in [-0.2, -0.15) is 0 Å². The van der Waals surface area contributed by atoms with Gasteiger partial charge >= 0.3 is 5.97 Å².